The lowest BCUT2D eigenvalue weighted by Crippen LogP contribution is -2.12. The zero-order valence-corrected chi connectivity index (χ0v) is 7.16. The Morgan fingerprint density at radius 3 is 2.58 bits per heavy atom. The zero-order chi connectivity index (χ0) is 9.30. The molecule has 12 heavy (non-hydrogen) atoms. The molecule has 0 saturated heterocycles. The van der Waals surface area contributed by atoms with Gasteiger partial charge in [-0.05, 0) is 22.0 Å². The monoisotopic (exact) mass is 241 g/mol. The first-order valence-corrected chi connectivity index (χ1v) is 3.68. The predicted octanol–water partition coefficient (Wildman–Crippen LogP) is 2.21. The number of hydrogen-bond acceptors (Lipinski definition) is 1. The van der Waals surface area contributed by atoms with Crippen molar-refractivity contribution in [1.29, 1.82) is 0 Å². The molecule has 0 amide bonds. The summed E-state index contributed by atoms with van der Waals surface area (Å²) < 4.78 is 36.3. The molecule has 0 unspecified atom stereocenters. The Hall–Kier alpha value is -0.780. The third kappa shape index (κ3) is 1.69. The minimum absolute atomic E-state index is 0.191. The molecule has 0 aliphatic heterocycles. The lowest BCUT2D eigenvalue weighted by Gasteiger charge is -2.01. The van der Waals surface area contributed by atoms with Crippen LogP contribution in [0.5, 0.6) is 0 Å². The van der Waals surface area contributed by atoms with Crippen LogP contribution >= 0.6 is 15.9 Å². The van der Waals surface area contributed by atoms with E-state index in [-0.39, 0.29) is 4.60 Å². The van der Waals surface area contributed by atoms with Gasteiger partial charge in [-0.1, -0.05) is 0 Å². The van der Waals surface area contributed by atoms with Gasteiger partial charge >= 0.3 is 0 Å². The molecular formula is C6H3BrF3NO. The van der Waals surface area contributed by atoms with Gasteiger partial charge in [0.15, 0.2) is 5.82 Å². The Morgan fingerprint density at radius 1 is 1.50 bits per heavy atom. The molecule has 0 saturated carbocycles. The van der Waals surface area contributed by atoms with Crippen molar-refractivity contribution in [2.24, 2.45) is 0 Å². The Kier molecular flexibility index (Phi) is 2.56. The van der Waals surface area contributed by atoms with E-state index < -0.39 is 23.4 Å². The van der Waals surface area contributed by atoms with Crippen LogP contribution in [0.1, 0.15) is 12.0 Å². The molecule has 1 rings (SSSR count). The van der Waals surface area contributed by atoms with E-state index in [1.54, 1.807) is 0 Å². The van der Waals surface area contributed by atoms with Gasteiger partial charge in [0.05, 0.1) is 10.2 Å². The van der Waals surface area contributed by atoms with Gasteiger partial charge in [0, 0.05) is 0 Å². The summed E-state index contributed by atoms with van der Waals surface area (Å²) in [6.07, 6.45) is -2.81. The first kappa shape index (κ1) is 9.31. The van der Waals surface area contributed by atoms with E-state index in [0.717, 1.165) is 0 Å². The molecule has 0 aromatic carbocycles. The Labute approximate surface area is 73.5 Å². The second-order valence-electron chi connectivity index (χ2n) is 2.02. The minimum atomic E-state index is -2.81. The van der Waals surface area contributed by atoms with Crippen molar-refractivity contribution in [3.8, 4) is 0 Å². The van der Waals surface area contributed by atoms with Crippen molar-refractivity contribution >= 4 is 15.9 Å². The quantitative estimate of drug-likeness (QED) is 0.752. The first-order valence-electron chi connectivity index (χ1n) is 2.88. The van der Waals surface area contributed by atoms with Crippen LogP contribution in [0.15, 0.2) is 15.5 Å². The van der Waals surface area contributed by atoms with E-state index in [2.05, 4.69) is 15.9 Å². The summed E-state index contributed by atoms with van der Waals surface area (Å²) >= 11 is 2.68. The molecule has 0 bridgehead atoms. The topological polar surface area (TPSA) is 32.9 Å². The van der Waals surface area contributed by atoms with Gasteiger partial charge < -0.3 is 4.98 Å². The average molecular weight is 242 g/mol. The van der Waals surface area contributed by atoms with Crippen molar-refractivity contribution in [3.63, 3.8) is 0 Å². The van der Waals surface area contributed by atoms with Crippen LogP contribution in [-0.2, 0) is 0 Å². The highest BCUT2D eigenvalue weighted by Crippen LogP contribution is 2.24. The molecule has 6 heteroatoms. The van der Waals surface area contributed by atoms with Gasteiger partial charge in [-0.15, -0.1) is 0 Å². The summed E-state index contributed by atoms with van der Waals surface area (Å²) in [4.78, 5) is 12.4. The summed E-state index contributed by atoms with van der Waals surface area (Å²) in [7, 11) is 0. The fourth-order valence-electron chi connectivity index (χ4n) is 0.656. The highest BCUT2D eigenvalue weighted by atomic mass is 79.9. The molecular weight excluding hydrogens is 239 g/mol. The van der Waals surface area contributed by atoms with E-state index in [4.69, 9.17) is 0 Å². The second kappa shape index (κ2) is 3.30. The van der Waals surface area contributed by atoms with Crippen LogP contribution in [0, 0.1) is 5.82 Å². The van der Waals surface area contributed by atoms with Gasteiger partial charge in [0.2, 0.25) is 0 Å². The standard InChI is InChI=1S/C6H3BrF3NO/c7-4-2(5(9)10)1-3(8)6(12)11-4/h1,5H,(H,11,12). The maximum Gasteiger partial charge on any atom is 0.284 e. The van der Waals surface area contributed by atoms with E-state index in [1.807, 2.05) is 4.98 Å². The summed E-state index contributed by atoms with van der Waals surface area (Å²) in [6.45, 7) is 0. The van der Waals surface area contributed by atoms with Crippen LogP contribution in [0.3, 0.4) is 0 Å². The fourth-order valence-corrected chi connectivity index (χ4v) is 1.12. The van der Waals surface area contributed by atoms with Crippen molar-refractivity contribution in [2.75, 3.05) is 0 Å². The Morgan fingerprint density at radius 2 is 2.08 bits per heavy atom. The maximum atomic E-state index is 12.4. The lowest BCUT2D eigenvalue weighted by molar-refractivity contribution is 0.149. The number of nitrogens with one attached hydrogen (secondary N) is 1. The molecule has 1 heterocycles. The molecule has 0 spiro atoms. The van der Waals surface area contributed by atoms with Crippen LogP contribution < -0.4 is 5.56 Å². The van der Waals surface area contributed by atoms with E-state index in [9.17, 15) is 18.0 Å². The molecule has 1 N–H and O–H groups in total. The van der Waals surface area contributed by atoms with Crippen LogP contribution in [0.25, 0.3) is 0 Å². The van der Waals surface area contributed by atoms with Crippen molar-refractivity contribution in [3.05, 3.63) is 32.4 Å². The number of alkyl halides is 2. The normalized spacial score (nSPS) is 10.8. The first-order chi connectivity index (χ1) is 5.52. The molecule has 0 radical (unpaired) electrons. The smallest absolute Gasteiger partial charge is 0.284 e. The van der Waals surface area contributed by atoms with E-state index >= 15 is 0 Å². The highest BCUT2D eigenvalue weighted by Gasteiger charge is 2.14. The molecule has 0 atom stereocenters. The van der Waals surface area contributed by atoms with Crippen LogP contribution in [0.2, 0.25) is 0 Å². The number of halogens is 4. The zero-order valence-electron chi connectivity index (χ0n) is 5.57. The molecule has 0 fully saturated rings. The Bertz CT molecular complexity index is 349. The van der Waals surface area contributed by atoms with Gasteiger partial charge in [0.25, 0.3) is 12.0 Å². The van der Waals surface area contributed by atoms with E-state index in [0.29, 0.717) is 6.07 Å². The number of aromatic nitrogens is 1. The summed E-state index contributed by atoms with van der Waals surface area (Å²) in [5.74, 6) is -1.21. The predicted molar refractivity (Wildman–Crippen MR) is 39.7 cm³/mol. The fraction of sp³-hybridized carbons (Fsp3) is 0.167. The summed E-state index contributed by atoms with van der Waals surface area (Å²) in [5, 5.41) is 0. The average Bonchev–Trinajstić information content (AvgIpc) is 1.96. The van der Waals surface area contributed by atoms with Crippen LogP contribution in [-0.4, -0.2) is 4.98 Å². The van der Waals surface area contributed by atoms with Gasteiger partial charge in [-0.3, -0.25) is 4.79 Å². The minimum Gasteiger partial charge on any atom is -0.314 e. The third-order valence-electron chi connectivity index (χ3n) is 1.21. The van der Waals surface area contributed by atoms with Crippen LogP contribution in [0.4, 0.5) is 13.2 Å². The molecule has 1 aromatic rings. The molecule has 2 nitrogen and oxygen atoms in total. The maximum absolute atomic E-state index is 12.4. The molecule has 1 aromatic heterocycles. The Balaban J connectivity index is 3.33. The van der Waals surface area contributed by atoms with Crippen molar-refractivity contribution in [1.82, 2.24) is 4.98 Å². The highest BCUT2D eigenvalue weighted by molar-refractivity contribution is 9.10. The number of hydrogen-bond donors (Lipinski definition) is 1. The molecule has 0 aliphatic rings. The number of pyridine rings is 1. The second-order valence-corrected chi connectivity index (χ2v) is 2.81. The number of aromatic amines is 1. The van der Waals surface area contributed by atoms with Gasteiger partial charge in [-0.25, -0.2) is 13.2 Å². The molecule has 0 aliphatic carbocycles. The molecule has 66 valence electrons. The van der Waals surface area contributed by atoms with Crippen molar-refractivity contribution in [2.45, 2.75) is 6.43 Å². The number of H-pyrrole nitrogens is 1. The summed E-state index contributed by atoms with van der Waals surface area (Å²) in [6, 6.07) is 0.508. The largest absolute Gasteiger partial charge is 0.314 e. The SMILES string of the molecule is O=c1[nH]c(Br)c(C(F)F)cc1F. The van der Waals surface area contributed by atoms with Crippen molar-refractivity contribution < 1.29 is 13.2 Å². The van der Waals surface area contributed by atoms with Gasteiger partial charge in [0.1, 0.15) is 0 Å². The number of rotatable bonds is 1. The summed E-state index contributed by atoms with van der Waals surface area (Å²) in [5.41, 5.74) is -1.58. The van der Waals surface area contributed by atoms with Gasteiger partial charge in [-0.2, -0.15) is 0 Å². The lowest BCUT2D eigenvalue weighted by atomic mass is 10.3. The third-order valence-corrected chi connectivity index (χ3v) is 1.87. The van der Waals surface area contributed by atoms with E-state index in [1.165, 1.54) is 0 Å².